The number of hydrogen-bond donors (Lipinski definition) is 2. The van der Waals surface area contributed by atoms with Crippen molar-refractivity contribution in [2.75, 3.05) is 7.11 Å². The Morgan fingerprint density at radius 2 is 1.86 bits per heavy atom. The van der Waals surface area contributed by atoms with E-state index in [9.17, 15) is 9.59 Å². The molecular formula is C17H28O5. The van der Waals surface area contributed by atoms with Crippen LogP contribution >= 0.6 is 0 Å². The van der Waals surface area contributed by atoms with Crippen LogP contribution in [0.1, 0.15) is 53.4 Å². The van der Waals surface area contributed by atoms with Gasteiger partial charge in [-0.2, -0.15) is 0 Å². The van der Waals surface area contributed by atoms with Gasteiger partial charge >= 0.3 is 11.9 Å². The maximum Gasteiger partial charge on any atom is 0.335 e. The van der Waals surface area contributed by atoms with Gasteiger partial charge in [0.2, 0.25) is 0 Å². The topological polar surface area (TPSA) is 83.8 Å². The third kappa shape index (κ3) is 8.62. The normalized spacial score (nSPS) is 14.8. The highest BCUT2D eigenvalue weighted by Gasteiger charge is 2.16. The fraction of sp³-hybridized carbons (Fsp3) is 0.647. The minimum atomic E-state index is -1.14. The number of rotatable bonds is 10. The Bertz CT molecular complexity index is 446. The van der Waals surface area contributed by atoms with E-state index in [0.717, 1.165) is 25.3 Å². The number of hydrogen-bond acceptors (Lipinski definition) is 3. The standard InChI is InChI=1S/C17H28O5/c1-12(7-6-10-17(3,4)22-5)8-9-14(16(20)21)13(2)11-15(18)19/h9,11-12H,6-8,10H2,1-5H3,(H,18,19)(H,20,21). The summed E-state index contributed by atoms with van der Waals surface area (Å²) in [5.41, 5.74) is 0.182. The second kappa shape index (κ2) is 9.41. The molecule has 0 amide bonds. The molecule has 22 heavy (non-hydrogen) atoms. The van der Waals surface area contributed by atoms with Crippen LogP contribution in [0.5, 0.6) is 0 Å². The molecule has 0 aliphatic heterocycles. The maximum atomic E-state index is 11.2. The first-order valence-electron chi connectivity index (χ1n) is 7.49. The molecule has 0 aromatic carbocycles. The van der Waals surface area contributed by atoms with Gasteiger partial charge in [0.15, 0.2) is 0 Å². The van der Waals surface area contributed by atoms with Crippen molar-refractivity contribution in [1.29, 1.82) is 0 Å². The highest BCUT2D eigenvalue weighted by atomic mass is 16.5. The second-order valence-corrected chi connectivity index (χ2v) is 6.29. The van der Waals surface area contributed by atoms with Gasteiger partial charge in [-0.25, -0.2) is 9.59 Å². The van der Waals surface area contributed by atoms with E-state index in [1.54, 1.807) is 13.2 Å². The van der Waals surface area contributed by atoms with Crippen molar-refractivity contribution in [3.8, 4) is 0 Å². The predicted molar refractivity (Wildman–Crippen MR) is 85.8 cm³/mol. The summed E-state index contributed by atoms with van der Waals surface area (Å²) < 4.78 is 5.36. The first-order chi connectivity index (χ1) is 10.1. The van der Waals surface area contributed by atoms with Crippen molar-refractivity contribution in [2.45, 2.75) is 59.0 Å². The average molecular weight is 312 g/mol. The number of methoxy groups -OCH3 is 1. The summed E-state index contributed by atoms with van der Waals surface area (Å²) in [5.74, 6) is -1.90. The Morgan fingerprint density at radius 3 is 2.32 bits per heavy atom. The summed E-state index contributed by atoms with van der Waals surface area (Å²) in [7, 11) is 1.70. The van der Waals surface area contributed by atoms with Gasteiger partial charge in [0.25, 0.3) is 0 Å². The van der Waals surface area contributed by atoms with Crippen molar-refractivity contribution in [2.24, 2.45) is 5.92 Å². The molecule has 0 fully saturated rings. The number of aliphatic carboxylic acids is 2. The number of ether oxygens (including phenoxy) is 1. The highest BCUT2D eigenvalue weighted by Crippen LogP contribution is 2.21. The van der Waals surface area contributed by atoms with Crippen molar-refractivity contribution >= 4 is 11.9 Å². The van der Waals surface area contributed by atoms with Gasteiger partial charge in [0.05, 0.1) is 11.2 Å². The van der Waals surface area contributed by atoms with Crippen LogP contribution in [0.2, 0.25) is 0 Å². The van der Waals surface area contributed by atoms with Gasteiger partial charge < -0.3 is 14.9 Å². The summed E-state index contributed by atoms with van der Waals surface area (Å²) in [6, 6.07) is 0. The molecule has 0 bridgehead atoms. The van der Waals surface area contributed by atoms with Crippen molar-refractivity contribution < 1.29 is 24.5 Å². The van der Waals surface area contributed by atoms with E-state index < -0.39 is 11.9 Å². The van der Waals surface area contributed by atoms with Gasteiger partial charge in [0, 0.05) is 13.2 Å². The number of carbonyl (C=O) groups is 2. The smallest absolute Gasteiger partial charge is 0.335 e. The minimum absolute atomic E-state index is 0.0615. The fourth-order valence-corrected chi connectivity index (χ4v) is 2.10. The van der Waals surface area contributed by atoms with E-state index in [0.29, 0.717) is 12.3 Å². The molecule has 0 radical (unpaired) electrons. The lowest BCUT2D eigenvalue weighted by Gasteiger charge is -2.23. The fourth-order valence-electron chi connectivity index (χ4n) is 2.10. The largest absolute Gasteiger partial charge is 0.478 e. The van der Waals surface area contributed by atoms with Gasteiger partial charge in [0.1, 0.15) is 0 Å². The van der Waals surface area contributed by atoms with Crippen LogP contribution in [0, 0.1) is 5.92 Å². The van der Waals surface area contributed by atoms with E-state index in [2.05, 4.69) is 6.92 Å². The summed E-state index contributed by atoms with van der Waals surface area (Å²) in [4.78, 5) is 21.8. The SMILES string of the molecule is COC(C)(C)CCCC(C)CC=C(C(=O)O)C(C)=CC(=O)O. The third-order valence-corrected chi connectivity index (χ3v) is 3.75. The molecule has 0 aliphatic rings. The minimum Gasteiger partial charge on any atom is -0.478 e. The summed E-state index contributed by atoms with van der Waals surface area (Å²) >= 11 is 0. The quantitative estimate of drug-likeness (QED) is 0.475. The molecule has 0 rings (SSSR count). The van der Waals surface area contributed by atoms with Crippen LogP contribution in [-0.2, 0) is 14.3 Å². The summed E-state index contributed by atoms with van der Waals surface area (Å²) in [6.45, 7) is 7.65. The Hall–Kier alpha value is -1.62. The Morgan fingerprint density at radius 1 is 1.27 bits per heavy atom. The van der Waals surface area contributed by atoms with Gasteiger partial charge in [-0.1, -0.05) is 25.8 Å². The van der Waals surface area contributed by atoms with Crippen LogP contribution in [0.4, 0.5) is 0 Å². The zero-order valence-corrected chi connectivity index (χ0v) is 14.2. The van der Waals surface area contributed by atoms with E-state index >= 15 is 0 Å². The second-order valence-electron chi connectivity index (χ2n) is 6.29. The molecule has 0 aliphatic carbocycles. The van der Waals surface area contributed by atoms with Crippen LogP contribution in [0.25, 0.3) is 0 Å². The first kappa shape index (κ1) is 20.4. The molecule has 5 nitrogen and oxygen atoms in total. The molecule has 0 aromatic rings. The number of allylic oxidation sites excluding steroid dienone is 1. The molecule has 1 atom stereocenters. The predicted octanol–water partition coefficient (Wildman–Crippen LogP) is 3.65. The van der Waals surface area contributed by atoms with E-state index in [1.165, 1.54) is 6.92 Å². The van der Waals surface area contributed by atoms with Crippen LogP contribution in [0.3, 0.4) is 0 Å². The molecular weight excluding hydrogens is 284 g/mol. The lowest BCUT2D eigenvalue weighted by molar-refractivity contribution is -0.132. The van der Waals surface area contributed by atoms with Gasteiger partial charge in [-0.3, -0.25) is 0 Å². The summed E-state index contributed by atoms with van der Waals surface area (Å²) in [6.07, 6.45) is 6.07. The van der Waals surface area contributed by atoms with Gasteiger partial charge in [-0.15, -0.1) is 0 Å². The maximum absolute atomic E-state index is 11.2. The van der Waals surface area contributed by atoms with Crippen LogP contribution in [0.15, 0.2) is 23.3 Å². The monoisotopic (exact) mass is 312 g/mol. The van der Waals surface area contributed by atoms with E-state index in [4.69, 9.17) is 14.9 Å². The van der Waals surface area contributed by atoms with Crippen molar-refractivity contribution in [1.82, 2.24) is 0 Å². The van der Waals surface area contributed by atoms with Crippen molar-refractivity contribution in [3.05, 3.63) is 23.3 Å². The molecule has 0 saturated heterocycles. The molecule has 126 valence electrons. The Balaban J connectivity index is 4.57. The molecule has 0 saturated carbocycles. The highest BCUT2D eigenvalue weighted by molar-refractivity contribution is 5.94. The Kier molecular flexibility index (Phi) is 8.72. The lowest BCUT2D eigenvalue weighted by Crippen LogP contribution is -2.22. The van der Waals surface area contributed by atoms with E-state index in [-0.39, 0.29) is 16.7 Å². The zero-order valence-electron chi connectivity index (χ0n) is 14.2. The number of carboxylic acids is 2. The molecule has 1 unspecified atom stereocenters. The van der Waals surface area contributed by atoms with Crippen molar-refractivity contribution in [3.63, 3.8) is 0 Å². The Labute approximate surface area is 132 Å². The molecule has 5 heteroatoms. The molecule has 0 heterocycles. The van der Waals surface area contributed by atoms with E-state index in [1.807, 2.05) is 13.8 Å². The van der Waals surface area contributed by atoms with Crippen LogP contribution < -0.4 is 0 Å². The zero-order chi connectivity index (χ0) is 17.3. The number of carboxylic acid groups (broad SMARTS) is 2. The summed E-state index contributed by atoms with van der Waals surface area (Å²) in [5, 5.41) is 17.9. The molecule has 0 spiro atoms. The molecule has 0 aromatic heterocycles. The lowest BCUT2D eigenvalue weighted by atomic mass is 9.93. The third-order valence-electron chi connectivity index (χ3n) is 3.75. The average Bonchev–Trinajstić information content (AvgIpc) is 2.37. The van der Waals surface area contributed by atoms with Crippen LogP contribution in [-0.4, -0.2) is 34.9 Å². The van der Waals surface area contributed by atoms with Gasteiger partial charge in [-0.05, 0) is 45.1 Å². The molecule has 2 N–H and O–H groups in total. The first-order valence-corrected chi connectivity index (χ1v) is 7.49.